The topological polar surface area (TPSA) is 231 Å². The lowest BCUT2D eigenvalue weighted by Crippen LogP contribution is -2.42. The number of aromatic nitrogens is 4. The van der Waals surface area contributed by atoms with Crippen molar-refractivity contribution in [1.82, 2.24) is 34.9 Å². The Morgan fingerprint density at radius 1 is 1.04 bits per heavy atom. The second-order valence-corrected chi connectivity index (χ2v) is 17.1. The van der Waals surface area contributed by atoms with Gasteiger partial charge in [-0.15, -0.1) is 10.2 Å². The van der Waals surface area contributed by atoms with E-state index in [1.165, 1.54) is 28.8 Å². The molecule has 0 saturated carbocycles. The number of fused-ring (bicyclic) bond motifs is 2. The summed E-state index contributed by atoms with van der Waals surface area (Å²) in [6.45, 7) is 10.5. The number of hydrogen-bond acceptors (Lipinski definition) is 14. The highest BCUT2D eigenvalue weighted by Gasteiger charge is 2.37. The molecule has 4 N–H and O–H groups in total. The predicted octanol–water partition coefficient (Wildman–Crippen LogP) is 5.65. The molecule has 18 heteroatoms. The van der Waals surface area contributed by atoms with Crippen molar-refractivity contribution in [3.05, 3.63) is 99.8 Å². The Bertz CT molecular complexity index is 2620. The molecule has 3 amide bonds. The van der Waals surface area contributed by atoms with E-state index in [4.69, 9.17) is 19.2 Å². The number of nitrogens with one attached hydrogen (secondary N) is 1. The quantitative estimate of drug-likeness (QED) is 0.144. The van der Waals surface area contributed by atoms with Gasteiger partial charge < -0.3 is 44.6 Å². The number of dihydropyridines is 1. The van der Waals surface area contributed by atoms with E-state index in [0.717, 1.165) is 16.7 Å². The first-order chi connectivity index (χ1) is 32.1. The smallest absolute Gasteiger partial charge is 0.415 e. The molecule has 4 aliphatic rings. The van der Waals surface area contributed by atoms with Crippen LogP contribution in [0.15, 0.2) is 93.4 Å². The van der Waals surface area contributed by atoms with Crippen LogP contribution in [0.3, 0.4) is 0 Å². The highest BCUT2D eigenvalue weighted by Crippen LogP contribution is 2.40. The van der Waals surface area contributed by atoms with Crippen molar-refractivity contribution >= 4 is 29.9 Å². The van der Waals surface area contributed by atoms with Crippen molar-refractivity contribution in [2.75, 3.05) is 46.9 Å². The minimum Gasteiger partial charge on any atom is -0.508 e. The molecule has 354 valence electrons. The minimum atomic E-state index is -1.89. The van der Waals surface area contributed by atoms with Gasteiger partial charge in [0.2, 0.25) is 11.7 Å². The lowest BCUT2D eigenvalue weighted by Gasteiger charge is -2.33. The number of phenols is 2. The number of aliphatic hydroxyl groups is 1. The molecule has 1 saturated heterocycles. The number of phenolic OH excluding ortho intramolecular Hbond substituents is 2. The molecule has 3 aliphatic heterocycles. The van der Waals surface area contributed by atoms with Crippen LogP contribution in [-0.4, -0.2) is 139 Å². The van der Waals surface area contributed by atoms with E-state index in [1.54, 1.807) is 56.1 Å². The number of rotatable bonds is 14. The van der Waals surface area contributed by atoms with Crippen LogP contribution in [0, 0.1) is 0 Å². The highest BCUT2D eigenvalue weighted by molar-refractivity contribution is 6.12. The SMILES string of the molecule is CCNC(=O)c1nnc(-c2cc(C(C)C)c(O)cc2O)n1-c1ccc(OC2CCN(C(=O)OC3=CCC4N=C5/C=C/C(C(O)(C=O)CC)=C(/COC)C(=O)N(C)CC5=C(CC)C4=C3)CC2)nc1. The molecule has 2 unspecified atom stereocenters. The van der Waals surface area contributed by atoms with E-state index < -0.39 is 17.6 Å². The second kappa shape index (κ2) is 20.3. The largest absolute Gasteiger partial charge is 0.508 e. The number of aromatic hydroxyl groups is 2. The first kappa shape index (κ1) is 48.0. The van der Waals surface area contributed by atoms with E-state index in [2.05, 4.69) is 20.5 Å². The summed E-state index contributed by atoms with van der Waals surface area (Å²) in [7, 11) is 3.12. The van der Waals surface area contributed by atoms with Crippen molar-refractivity contribution < 1.29 is 48.7 Å². The highest BCUT2D eigenvalue weighted by atomic mass is 16.6. The Morgan fingerprint density at radius 2 is 1.81 bits per heavy atom. The summed E-state index contributed by atoms with van der Waals surface area (Å²) in [6, 6.07) is 5.99. The molecular formula is C49H58N8O10. The van der Waals surface area contributed by atoms with Crippen molar-refractivity contribution in [1.29, 1.82) is 0 Å². The molecule has 3 aromatic rings. The van der Waals surface area contributed by atoms with Crippen LogP contribution in [0.5, 0.6) is 17.4 Å². The first-order valence-corrected chi connectivity index (χ1v) is 22.6. The maximum atomic E-state index is 13.8. The van der Waals surface area contributed by atoms with Crippen LogP contribution < -0.4 is 10.1 Å². The van der Waals surface area contributed by atoms with Gasteiger partial charge >= 0.3 is 6.09 Å². The number of piperidine rings is 1. The molecule has 0 bridgehead atoms. The van der Waals surface area contributed by atoms with Gasteiger partial charge in [-0.05, 0) is 79.2 Å². The van der Waals surface area contributed by atoms with Crippen LogP contribution in [0.1, 0.15) is 88.8 Å². The lowest BCUT2D eigenvalue weighted by atomic mass is 9.83. The molecule has 7 rings (SSSR count). The van der Waals surface area contributed by atoms with E-state index in [-0.39, 0.29) is 83.4 Å². The predicted molar refractivity (Wildman–Crippen MR) is 248 cm³/mol. The fourth-order valence-corrected chi connectivity index (χ4v) is 8.79. The summed E-state index contributed by atoms with van der Waals surface area (Å²) < 4.78 is 19.1. The maximum absolute atomic E-state index is 13.8. The average Bonchev–Trinajstić information content (AvgIpc) is 3.77. The van der Waals surface area contributed by atoms with Gasteiger partial charge in [0.25, 0.3) is 11.8 Å². The van der Waals surface area contributed by atoms with Crippen molar-refractivity contribution in [3.8, 4) is 34.5 Å². The zero-order valence-electron chi connectivity index (χ0n) is 38.9. The summed E-state index contributed by atoms with van der Waals surface area (Å²) in [5.74, 6) is -0.298. The van der Waals surface area contributed by atoms with Crippen LogP contribution in [0.2, 0.25) is 0 Å². The van der Waals surface area contributed by atoms with E-state index in [9.17, 15) is 34.5 Å². The van der Waals surface area contributed by atoms with Gasteiger partial charge in [-0.1, -0.05) is 33.8 Å². The number of methoxy groups -OCH3 is 1. The molecule has 2 atom stereocenters. The lowest BCUT2D eigenvalue weighted by molar-refractivity contribution is -0.126. The number of aldehydes is 1. The Hall–Kier alpha value is -6.92. The fraction of sp³-hybridized carbons (Fsp3) is 0.429. The Labute approximate surface area is 389 Å². The summed E-state index contributed by atoms with van der Waals surface area (Å²) in [6.07, 6.45) is 10.5. The minimum absolute atomic E-state index is 0.0177. The number of likely N-dealkylation sites (tertiary alicyclic amines) is 1. The van der Waals surface area contributed by atoms with E-state index in [0.29, 0.717) is 80.2 Å². The monoisotopic (exact) mass is 918 g/mol. The molecule has 67 heavy (non-hydrogen) atoms. The summed E-state index contributed by atoms with van der Waals surface area (Å²) in [4.78, 5) is 65.5. The third kappa shape index (κ3) is 9.81. The number of pyridine rings is 1. The molecule has 1 fully saturated rings. The molecule has 5 heterocycles. The van der Waals surface area contributed by atoms with Gasteiger partial charge in [-0.2, -0.15) is 0 Å². The second-order valence-electron chi connectivity index (χ2n) is 17.1. The number of benzene rings is 1. The molecule has 1 aliphatic carbocycles. The zero-order valence-corrected chi connectivity index (χ0v) is 38.9. The zero-order chi connectivity index (χ0) is 48.2. The number of amides is 3. The van der Waals surface area contributed by atoms with E-state index in [1.807, 2.05) is 32.9 Å². The normalized spacial score (nSPS) is 20.3. The van der Waals surface area contributed by atoms with Gasteiger partial charge in [0.05, 0.1) is 35.8 Å². The molecule has 1 aromatic carbocycles. The third-order valence-electron chi connectivity index (χ3n) is 12.5. The van der Waals surface area contributed by atoms with Crippen LogP contribution >= 0.6 is 0 Å². The third-order valence-corrected chi connectivity index (χ3v) is 12.5. The fourth-order valence-electron chi connectivity index (χ4n) is 8.79. The average molecular weight is 919 g/mol. The van der Waals surface area contributed by atoms with Crippen molar-refractivity contribution in [2.24, 2.45) is 4.99 Å². The number of carbonyl (C=O) groups is 4. The maximum Gasteiger partial charge on any atom is 0.415 e. The number of aliphatic imine (C=N–C) groups is 1. The van der Waals surface area contributed by atoms with E-state index >= 15 is 0 Å². The standard InChI is InChI=1S/C49H58N8O10/c1-8-32-34-21-31(12-14-39(34)52-40-15-13-38(49(64,9-2)27-58)37(26-65-7)47(62)55(6)25-36(32)40)67-48(63)56-19-17-30(18-20-56)66-43-16-11-29(24-51-43)57-44(53-54-45(57)46(61)50-10-3)35-22-33(28(4)5)41(59)23-42(35)60/h11-13,15-16,21-24,27-28,30,39,59-60,64H,8-10,14,17-20,25-26H2,1-7H3,(H,50,61)/b15-13+,38-37+. The van der Waals surface area contributed by atoms with Crippen molar-refractivity contribution in [2.45, 2.75) is 90.4 Å². The van der Waals surface area contributed by atoms with Crippen molar-refractivity contribution in [3.63, 3.8) is 0 Å². The van der Waals surface area contributed by atoms with Gasteiger partial charge in [-0.3, -0.25) is 23.9 Å². The molecule has 18 nitrogen and oxygen atoms in total. The molecule has 2 aromatic heterocycles. The van der Waals surface area contributed by atoms with Gasteiger partial charge in [0.15, 0.2) is 12.1 Å². The molecule has 0 radical (unpaired) electrons. The van der Waals surface area contributed by atoms with Crippen LogP contribution in [0.25, 0.3) is 17.1 Å². The number of likely N-dealkylation sites (N-methyl/N-ethyl adjacent to an activating group) is 1. The summed E-state index contributed by atoms with van der Waals surface area (Å²) >= 11 is 0. The first-order valence-electron chi connectivity index (χ1n) is 22.6. The van der Waals surface area contributed by atoms with Gasteiger partial charge in [0.1, 0.15) is 29.0 Å². The number of hydrogen-bond donors (Lipinski definition) is 4. The number of allylic oxidation sites excluding steroid dienone is 2. The van der Waals surface area contributed by atoms with Gasteiger partial charge in [-0.25, -0.2) is 9.78 Å². The van der Waals surface area contributed by atoms with Gasteiger partial charge in [0, 0.05) is 82.0 Å². The Morgan fingerprint density at radius 3 is 2.45 bits per heavy atom. The Balaban J connectivity index is 1.02. The van der Waals surface area contributed by atoms with Crippen LogP contribution in [0.4, 0.5) is 4.79 Å². The molecular weight excluding hydrogens is 861 g/mol. The number of ether oxygens (including phenoxy) is 3. The summed E-state index contributed by atoms with van der Waals surface area (Å²) in [5.41, 5.74) is 3.11. The van der Waals surface area contributed by atoms with Crippen LogP contribution in [-0.2, 0) is 19.1 Å². The Kier molecular flexibility index (Phi) is 14.6. The molecule has 0 spiro atoms. The number of carbonyl (C=O) groups excluding carboxylic acids is 4. The summed E-state index contributed by atoms with van der Waals surface area (Å²) in [5, 5.41) is 43.8. The number of nitrogens with zero attached hydrogens (tertiary/aromatic N) is 7.